The van der Waals surface area contributed by atoms with Crippen molar-refractivity contribution in [3.05, 3.63) is 11.3 Å². The minimum atomic E-state index is -0.662. The van der Waals surface area contributed by atoms with Crippen LogP contribution in [0.4, 0.5) is 0 Å². The Labute approximate surface area is 88.3 Å². The van der Waals surface area contributed by atoms with Gasteiger partial charge in [0.15, 0.2) is 0 Å². The molecule has 0 saturated carbocycles. The highest BCUT2D eigenvalue weighted by molar-refractivity contribution is 5.89. The summed E-state index contributed by atoms with van der Waals surface area (Å²) in [6.45, 7) is 3.64. The second-order valence-electron chi connectivity index (χ2n) is 3.40. The predicted octanol–water partition coefficient (Wildman–Crippen LogP) is 1.31. The molecule has 1 amide bonds. The van der Waals surface area contributed by atoms with E-state index < -0.39 is 5.97 Å². The largest absolute Gasteiger partial charge is 0.512 e. The zero-order valence-electron chi connectivity index (χ0n) is 8.95. The van der Waals surface area contributed by atoms with E-state index in [4.69, 9.17) is 4.84 Å². The quantitative estimate of drug-likeness (QED) is 0.567. The van der Waals surface area contributed by atoms with Gasteiger partial charge in [0.25, 0.3) is 5.91 Å². The van der Waals surface area contributed by atoms with E-state index >= 15 is 0 Å². The summed E-state index contributed by atoms with van der Waals surface area (Å²) in [4.78, 5) is 27.4. The van der Waals surface area contributed by atoms with Crippen molar-refractivity contribution in [2.24, 2.45) is 0 Å². The Balaban J connectivity index is 2.59. The number of allylic oxidation sites excluding steroid dienone is 1. The zero-order valence-corrected chi connectivity index (χ0v) is 8.95. The van der Waals surface area contributed by atoms with Crippen molar-refractivity contribution in [3.63, 3.8) is 0 Å². The molecule has 84 valence electrons. The lowest BCUT2D eigenvalue weighted by molar-refractivity contribution is -0.189. The summed E-state index contributed by atoms with van der Waals surface area (Å²) in [5.74, 6) is -0.858. The van der Waals surface area contributed by atoms with E-state index in [1.807, 2.05) is 0 Å². The molecule has 0 aliphatic carbocycles. The average molecular weight is 213 g/mol. The summed E-state index contributed by atoms with van der Waals surface area (Å²) in [6, 6.07) is 0. The highest BCUT2D eigenvalue weighted by atomic mass is 16.7. The van der Waals surface area contributed by atoms with Crippen molar-refractivity contribution in [2.45, 2.75) is 33.1 Å². The van der Waals surface area contributed by atoms with Gasteiger partial charge in [0.2, 0.25) is 0 Å². The highest BCUT2D eigenvalue weighted by Gasteiger charge is 2.25. The fourth-order valence-electron chi connectivity index (χ4n) is 1.27. The summed E-state index contributed by atoms with van der Waals surface area (Å²) in [5, 5.41) is 10.4. The van der Waals surface area contributed by atoms with Crippen molar-refractivity contribution in [2.75, 3.05) is 6.54 Å². The fourth-order valence-corrected chi connectivity index (χ4v) is 1.27. The standard InChI is InChI=1S/C10H15NO4/c1-3-8(12)7(2)10(14)15-11-6-4-5-9(11)13/h12H,3-6H2,1-2H3. The maximum Gasteiger partial charge on any atom is 0.362 e. The summed E-state index contributed by atoms with van der Waals surface area (Å²) >= 11 is 0. The zero-order chi connectivity index (χ0) is 11.4. The van der Waals surface area contributed by atoms with Gasteiger partial charge in [0, 0.05) is 12.8 Å². The lowest BCUT2D eigenvalue weighted by Gasteiger charge is -2.14. The Morgan fingerprint density at radius 2 is 2.27 bits per heavy atom. The monoisotopic (exact) mass is 213 g/mol. The molecular formula is C10H15NO4. The van der Waals surface area contributed by atoms with E-state index in [1.54, 1.807) is 6.92 Å². The van der Waals surface area contributed by atoms with Gasteiger partial charge >= 0.3 is 5.97 Å². The molecule has 1 saturated heterocycles. The molecule has 0 bridgehead atoms. The number of aliphatic hydroxyl groups excluding tert-OH is 1. The van der Waals surface area contributed by atoms with Crippen LogP contribution < -0.4 is 0 Å². The molecule has 0 aromatic heterocycles. The third kappa shape index (κ3) is 2.71. The summed E-state index contributed by atoms with van der Waals surface area (Å²) in [5.41, 5.74) is 0.150. The third-order valence-corrected chi connectivity index (χ3v) is 2.30. The first-order chi connectivity index (χ1) is 7.06. The molecule has 0 aromatic rings. The van der Waals surface area contributed by atoms with Crippen molar-refractivity contribution in [3.8, 4) is 0 Å². The van der Waals surface area contributed by atoms with Gasteiger partial charge in [-0.3, -0.25) is 4.79 Å². The second kappa shape index (κ2) is 4.82. The number of amides is 1. The molecular weight excluding hydrogens is 198 g/mol. The lowest BCUT2D eigenvalue weighted by atomic mass is 10.2. The van der Waals surface area contributed by atoms with E-state index in [1.165, 1.54) is 6.92 Å². The van der Waals surface area contributed by atoms with Crippen molar-refractivity contribution >= 4 is 11.9 Å². The van der Waals surface area contributed by atoms with Crippen LogP contribution in [0.25, 0.3) is 0 Å². The Hall–Kier alpha value is -1.52. The molecule has 1 heterocycles. The number of carbonyl (C=O) groups excluding carboxylic acids is 2. The fraction of sp³-hybridized carbons (Fsp3) is 0.600. The number of aliphatic hydroxyl groups is 1. The van der Waals surface area contributed by atoms with Gasteiger partial charge in [-0.25, -0.2) is 4.79 Å². The van der Waals surface area contributed by atoms with E-state index in [-0.39, 0.29) is 17.2 Å². The van der Waals surface area contributed by atoms with E-state index in [0.29, 0.717) is 25.8 Å². The number of nitrogens with zero attached hydrogens (tertiary/aromatic N) is 1. The molecule has 15 heavy (non-hydrogen) atoms. The first-order valence-corrected chi connectivity index (χ1v) is 4.97. The van der Waals surface area contributed by atoms with Crippen LogP contribution in [0.15, 0.2) is 11.3 Å². The van der Waals surface area contributed by atoms with Crippen LogP contribution in [0.1, 0.15) is 33.1 Å². The molecule has 0 aromatic carbocycles. The Morgan fingerprint density at radius 3 is 2.73 bits per heavy atom. The number of hydrogen-bond donors (Lipinski definition) is 1. The van der Waals surface area contributed by atoms with Gasteiger partial charge in [-0.1, -0.05) is 6.92 Å². The minimum Gasteiger partial charge on any atom is -0.512 e. The lowest BCUT2D eigenvalue weighted by Crippen LogP contribution is -2.28. The van der Waals surface area contributed by atoms with Gasteiger partial charge < -0.3 is 9.94 Å². The van der Waals surface area contributed by atoms with E-state index in [9.17, 15) is 14.7 Å². The molecule has 1 aliphatic heterocycles. The smallest absolute Gasteiger partial charge is 0.362 e. The first kappa shape index (κ1) is 11.6. The summed E-state index contributed by atoms with van der Waals surface area (Å²) in [7, 11) is 0. The van der Waals surface area contributed by atoms with Crippen LogP contribution in [0, 0.1) is 0 Å². The van der Waals surface area contributed by atoms with Gasteiger partial charge in [0.05, 0.1) is 12.1 Å². The van der Waals surface area contributed by atoms with Crippen molar-refractivity contribution in [1.82, 2.24) is 5.06 Å². The minimum absolute atomic E-state index is 0.00774. The number of carbonyl (C=O) groups is 2. The van der Waals surface area contributed by atoms with Crippen molar-refractivity contribution in [1.29, 1.82) is 0 Å². The number of hydrogen-bond acceptors (Lipinski definition) is 4. The molecule has 5 heteroatoms. The molecule has 1 aliphatic rings. The normalized spacial score (nSPS) is 17.7. The Kier molecular flexibility index (Phi) is 3.71. The molecule has 0 atom stereocenters. The van der Waals surface area contributed by atoms with Crippen LogP contribution in [-0.2, 0) is 14.4 Å². The number of hydroxylamine groups is 2. The summed E-state index contributed by atoms with van der Waals surface area (Å²) in [6.07, 6.45) is 1.49. The Morgan fingerprint density at radius 1 is 1.60 bits per heavy atom. The van der Waals surface area contributed by atoms with Crippen LogP contribution in [0.5, 0.6) is 0 Å². The number of rotatable bonds is 3. The van der Waals surface area contributed by atoms with Crippen LogP contribution >= 0.6 is 0 Å². The second-order valence-corrected chi connectivity index (χ2v) is 3.40. The molecule has 1 fully saturated rings. The molecule has 1 rings (SSSR count). The van der Waals surface area contributed by atoms with Gasteiger partial charge in [-0.15, -0.1) is 0 Å². The van der Waals surface area contributed by atoms with Crippen LogP contribution in [0.3, 0.4) is 0 Å². The van der Waals surface area contributed by atoms with Crippen LogP contribution in [-0.4, -0.2) is 28.6 Å². The molecule has 0 radical (unpaired) electrons. The summed E-state index contributed by atoms with van der Waals surface area (Å²) < 4.78 is 0. The molecule has 5 nitrogen and oxygen atoms in total. The topological polar surface area (TPSA) is 66.8 Å². The van der Waals surface area contributed by atoms with E-state index in [2.05, 4.69) is 0 Å². The van der Waals surface area contributed by atoms with Gasteiger partial charge in [-0.2, -0.15) is 5.06 Å². The first-order valence-electron chi connectivity index (χ1n) is 4.97. The van der Waals surface area contributed by atoms with Crippen molar-refractivity contribution < 1.29 is 19.5 Å². The SMILES string of the molecule is CCC(O)=C(C)C(=O)ON1CCCC1=O. The maximum atomic E-state index is 11.4. The Bertz CT molecular complexity index is 309. The van der Waals surface area contributed by atoms with Gasteiger partial charge in [-0.05, 0) is 13.3 Å². The molecule has 0 unspecified atom stereocenters. The molecule has 1 N–H and O–H groups in total. The average Bonchev–Trinajstić information content (AvgIpc) is 2.62. The van der Waals surface area contributed by atoms with E-state index in [0.717, 1.165) is 5.06 Å². The highest BCUT2D eigenvalue weighted by Crippen LogP contribution is 2.13. The molecule has 0 spiro atoms. The van der Waals surface area contributed by atoms with Crippen LogP contribution in [0.2, 0.25) is 0 Å². The van der Waals surface area contributed by atoms with Gasteiger partial charge in [0.1, 0.15) is 5.76 Å². The predicted molar refractivity (Wildman–Crippen MR) is 52.7 cm³/mol. The maximum absolute atomic E-state index is 11.4. The third-order valence-electron chi connectivity index (χ3n) is 2.30.